The number of hydrogen-bond donors (Lipinski definition) is 0. The van der Waals surface area contributed by atoms with Gasteiger partial charge in [0, 0.05) is 41.7 Å². The smallest absolute Gasteiger partial charge is 0.136 e. The van der Waals surface area contributed by atoms with Crippen molar-refractivity contribution in [1.29, 1.82) is 0 Å². The molecule has 3 heteroatoms. The first-order valence-corrected chi connectivity index (χ1v) is 47.5. The second kappa shape index (κ2) is 29.6. The normalized spacial score (nSPS) is 12.1. The van der Waals surface area contributed by atoms with Gasteiger partial charge < -0.3 is 8.83 Å². The van der Waals surface area contributed by atoms with Gasteiger partial charge in [-0.3, -0.25) is 0 Å². The van der Waals surface area contributed by atoms with E-state index >= 15 is 0 Å². The summed E-state index contributed by atoms with van der Waals surface area (Å²) in [4.78, 5) is 0. The Labute approximate surface area is 781 Å². The van der Waals surface area contributed by atoms with Crippen molar-refractivity contribution in [2.45, 2.75) is 0 Å². The summed E-state index contributed by atoms with van der Waals surface area (Å²) in [5.74, 6) is 0. The standard InChI is InChI=1S/C52H30O.C42H24O.C38H22S/c1-3-14-32(15-4-1)47-39-20-9-10-21-40(39)48(33-16-5-2-6-17-33)52-44-30-46-50(41-23-12-24-42(49(41)44)51(47)52)43-28-36-27-35(26-25-34(36)29-45(43)53-46)38-22-11-18-31-13-7-8-19-37(31)38;1-3-12-25(13-4-1)37-29-18-9-10-19-30(29)38(26-14-5-2-6-15-26)42-34-24-36-40(31-20-11-21-32(39(31)34)41(37)42)33-22-27-16-7-8-17-28(27)23-35(33)43-36;1-3-12-23(13-4-1)33-25-16-7-8-17-26(25)34(24-14-5-2-6-15-24)38-30-22-32-36(27-18-9-10-21-31(27)39-32)28-19-11-20-29(35(28)30)37(33)38/h1-30H;1-24H;1-22H. The molecule has 31 rings (SSSR count). The quantitative estimate of drug-likeness (QED) is 0.159. The molecule has 25 aromatic carbocycles. The van der Waals surface area contributed by atoms with Crippen LogP contribution in [0, 0.1) is 0 Å². The molecule has 3 aliphatic carbocycles. The van der Waals surface area contributed by atoms with Crippen molar-refractivity contribution in [1.82, 2.24) is 0 Å². The maximum atomic E-state index is 6.87. The minimum absolute atomic E-state index is 0.918. The van der Waals surface area contributed by atoms with Crippen LogP contribution in [-0.2, 0) is 0 Å². The highest BCUT2D eigenvalue weighted by molar-refractivity contribution is 7.26. The molecule has 0 radical (unpaired) electrons. The van der Waals surface area contributed by atoms with E-state index < -0.39 is 0 Å². The van der Waals surface area contributed by atoms with E-state index in [9.17, 15) is 0 Å². The Hall–Kier alpha value is -17.3. The molecule has 0 amide bonds. The van der Waals surface area contributed by atoms with Crippen LogP contribution < -0.4 is 0 Å². The molecule has 0 saturated heterocycles. The molecule has 0 atom stereocenters. The summed E-state index contributed by atoms with van der Waals surface area (Å²) in [6.45, 7) is 0. The van der Waals surface area contributed by atoms with Gasteiger partial charge in [0.05, 0.1) is 0 Å². The molecule has 0 unspecified atom stereocenters. The minimum Gasteiger partial charge on any atom is -0.456 e. The molecule has 0 spiro atoms. The minimum atomic E-state index is 0.918. The first-order valence-electron chi connectivity index (χ1n) is 46.7. The van der Waals surface area contributed by atoms with E-state index in [1.807, 2.05) is 11.3 Å². The first-order chi connectivity index (χ1) is 67.0. The summed E-state index contributed by atoms with van der Waals surface area (Å²) in [5.41, 5.74) is 37.1. The van der Waals surface area contributed by atoms with Crippen LogP contribution in [-0.4, -0.2) is 0 Å². The summed E-state index contributed by atoms with van der Waals surface area (Å²) < 4.78 is 16.3. The van der Waals surface area contributed by atoms with Crippen molar-refractivity contribution in [2.24, 2.45) is 0 Å². The maximum absolute atomic E-state index is 6.87. The fraction of sp³-hybridized carbons (Fsp3) is 0. The van der Waals surface area contributed by atoms with Crippen LogP contribution in [0.1, 0.15) is 0 Å². The zero-order valence-corrected chi connectivity index (χ0v) is 73.9. The number of hydrogen-bond acceptors (Lipinski definition) is 3. The van der Waals surface area contributed by atoms with Gasteiger partial charge in [-0.15, -0.1) is 11.3 Å². The van der Waals surface area contributed by atoms with Crippen LogP contribution in [0.3, 0.4) is 0 Å². The predicted octanol–water partition coefficient (Wildman–Crippen LogP) is 38.2. The molecule has 0 aliphatic heterocycles. The zero-order chi connectivity index (χ0) is 88.2. The molecule has 0 fully saturated rings. The summed E-state index contributed by atoms with van der Waals surface area (Å²) in [7, 11) is 0. The van der Waals surface area contributed by atoms with E-state index in [0.29, 0.717) is 0 Å². The molecule has 28 aromatic rings. The van der Waals surface area contributed by atoms with Crippen molar-refractivity contribution < 1.29 is 8.83 Å². The lowest BCUT2D eigenvalue weighted by Crippen LogP contribution is -1.93. The van der Waals surface area contributed by atoms with Gasteiger partial charge in [0.25, 0.3) is 0 Å². The van der Waals surface area contributed by atoms with Gasteiger partial charge in [0.15, 0.2) is 0 Å². The largest absolute Gasteiger partial charge is 0.456 e. The number of rotatable bonds is 7. The Morgan fingerprint density at radius 3 is 0.822 bits per heavy atom. The Morgan fingerprint density at radius 2 is 0.415 bits per heavy atom. The number of furan rings is 2. The second-order valence-electron chi connectivity index (χ2n) is 36.3. The summed E-state index contributed by atoms with van der Waals surface area (Å²) in [6, 6.07) is 169. The lowest BCUT2D eigenvalue weighted by Gasteiger charge is -2.20. The van der Waals surface area contributed by atoms with Crippen LogP contribution >= 0.6 is 11.3 Å². The van der Waals surface area contributed by atoms with Crippen LogP contribution in [0.4, 0.5) is 0 Å². The third kappa shape index (κ3) is 11.2. The molecular weight excluding hydrogens is 1650 g/mol. The lowest BCUT2D eigenvalue weighted by atomic mass is 9.82. The maximum Gasteiger partial charge on any atom is 0.136 e. The third-order valence-corrected chi connectivity index (χ3v) is 30.4. The van der Waals surface area contributed by atoms with Crippen molar-refractivity contribution >= 4 is 172 Å². The van der Waals surface area contributed by atoms with E-state index in [2.05, 4.69) is 461 Å². The van der Waals surface area contributed by atoms with Gasteiger partial charge in [-0.25, -0.2) is 0 Å². The molecule has 3 aromatic heterocycles. The number of fused-ring (bicyclic) bond motifs is 27. The van der Waals surface area contributed by atoms with Crippen molar-refractivity contribution in [3.63, 3.8) is 0 Å². The molecule has 0 bridgehead atoms. The van der Waals surface area contributed by atoms with Crippen LogP contribution in [0.25, 0.3) is 306 Å². The van der Waals surface area contributed by atoms with Crippen LogP contribution in [0.2, 0.25) is 0 Å². The van der Waals surface area contributed by atoms with Gasteiger partial charge in [-0.2, -0.15) is 0 Å². The van der Waals surface area contributed by atoms with Crippen molar-refractivity contribution in [2.75, 3.05) is 0 Å². The lowest BCUT2D eigenvalue weighted by molar-refractivity contribution is 0.669. The molecule has 135 heavy (non-hydrogen) atoms. The van der Waals surface area contributed by atoms with Gasteiger partial charge in [0.1, 0.15) is 22.3 Å². The van der Waals surface area contributed by atoms with Crippen molar-refractivity contribution in [3.8, 4) is 145 Å². The molecular formula is C132H76O2S. The highest BCUT2D eigenvalue weighted by atomic mass is 32.1. The average molecular weight is 1730 g/mol. The Morgan fingerprint density at radius 1 is 0.126 bits per heavy atom. The predicted molar refractivity (Wildman–Crippen MR) is 576 cm³/mol. The summed E-state index contributed by atoms with van der Waals surface area (Å²) in [5, 5.41) is 30.3. The fourth-order valence-electron chi connectivity index (χ4n) is 23.8. The van der Waals surface area contributed by atoms with E-state index in [1.54, 1.807) is 0 Å². The Kier molecular flexibility index (Phi) is 16.5. The zero-order valence-electron chi connectivity index (χ0n) is 73.1. The van der Waals surface area contributed by atoms with Gasteiger partial charge in [-0.1, -0.05) is 406 Å². The first kappa shape index (κ1) is 75.5. The number of thiophene rings is 1. The molecule has 0 saturated carbocycles. The summed E-state index contributed by atoms with van der Waals surface area (Å²) in [6.07, 6.45) is 0. The van der Waals surface area contributed by atoms with Crippen LogP contribution in [0.15, 0.2) is 470 Å². The molecule has 3 heterocycles. The van der Waals surface area contributed by atoms with E-state index in [1.165, 1.54) is 278 Å². The molecule has 0 N–H and O–H groups in total. The number of benzene rings is 25. The van der Waals surface area contributed by atoms with E-state index in [-0.39, 0.29) is 0 Å². The van der Waals surface area contributed by atoms with Gasteiger partial charge in [-0.05, 0) is 296 Å². The van der Waals surface area contributed by atoms with Crippen LogP contribution in [0.5, 0.6) is 0 Å². The molecule has 622 valence electrons. The average Bonchev–Trinajstić information content (AvgIpc) is 1.53. The van der Waals surface area contributed by atoms with Gasteiger partial charge in [0.2, 0.25) is 0 Å². The molecule has 2 nitrogen and oxygen atoms in total. The highest BCUT2D eigenvalue weighted by Gasteiger charge is 2.37. The van der Waals surface area contributed by atoms with Gasteiger partial charge >= 0.3 is 0 Å². The van der Waals surface area contributed by atoms with E-state index in [4.69, 9.17) is 8.83 Å². The molecule has 3 aliphatic rings. The highest BCUT2D eigenvalue weighted by Crippen LogP contribution is 2.64. The van der Waals surface area contributed by atoms with Crippen molar-refractivity contribution in [3.05, 3.63) is 461 Å². The third-order valence-electron chi connectivity index (χ3n) is 29.3. The van der Waals surface area contributed by atoms with E-state index in [0.717, 1.165) is 27.7 Å². The Bertz CT molecular complexity index is 9950. The SMILES string of the molecule is c1ccc(-c2c3c(c(-c4ccccc4)c4ccccc24)-c2cc4oc5cc6ccc(-c7cccc8ccccc78)cc6cc5c4c4cccc-3c24)cc1.c1ccc(-c2c3c(c(-c4ccccc4)c4ccccc24)-c2cc4oc5cc6ccccc6cc5c4c4cccc-3c24)cc1.c1ccc(-c2c3c(c(-c4ccccc4)c4ccccc24)-c2cc4sc5ccccc5c4c4cccc-3c24)cc1. The monoisotopic (exact) mass is 1720 g/mol. The second-order valence-corrected chi connectivity index (χ2v) is 37.4. The Balaban J connectivity index is 0.0000000997. The summed E-state index contributed by atoms with van der Waals surface area (Å²) >= 11 is 1.91. The topological polar surface area (TPSA) is 26.3 Å². The fourth-order valence-corrected chi connectivity index (χ4v) is 25.0.